The number of carbonyl (C=O) groups excluding carboxylic acids is 5. The number of urea groups is 1. The number of H-pyrrole nitrogens is 1. The summed E-state index contributed by atoms with van der Waals surface area (Å²) in [6.45, 7) is 2.01. The number of pyridine rings is 1. The molecule has 4 rings (SSSR count). The van der Waals surface area contributed by atoms with Crippen LogP contribution in [-0.2, 0) is 33.1 Å². The number of hydrazine groups is 1. The van der Waals surface area contributed by atoms with Gasteiger partial charge >= 0.3 is 19.7 Å². The Balaban J connectivity index is 1.34. The zero-order valence-electron chi connectivity index (χ0n) is 25.1. The molecule has 2 aromatic rings. The van der Waals surface area contributed by atoms with E-state index in [1.807, 2.05) is 0 Å². The molecule has 0 bridgehead atoms. The van der Waals surface area contributed by atoms with Crippen molar-refractivity contribution in [2.45, 2.75) is 38.5 Å². The predicted molar refractivity (Wildman–Crippen MR) is 160 cm³/mol. The van der Waals surface area contributed by atoms with Crippen LogP contribution >= 0.6 is 19.1 Å². The number of nitrogens with one attached hydrogen (secondary N) is 3. The first kappa shape index (κ1) is 35.5. The molecular weight excluding hydrogens is 685 g/mol. The molecule has 2 saturated heterocycles. The van der Waals surface area contributed by atoms with Crippen LogP contribution in [0.25, 0.3) is 0 Å². The largest absolute Gasteiger partial charge is 0.503 e. The number of aromatic amines is 1. The lowest BCUT2D eigenvalue weighted by atomic mass is 10.0. The topological polar surface area (TPSA) is 317 Å². The Kier molecular flexibility index (Phi) is 9.89. The fraction of sp³-hybridized carbons (Fsp3) is 0.375. The number of amides is 6. The number of anilines is 1. The number of hydrogen-bond acceptors (Lipinski definition) is 15. The van der Waals surface area contributed by atoms with Crippen molar-refractivity contribution < 1.29 is 57.8 Å². The maximum atomic E-state index is 13.1. The first-order valence-electron chi connectivity index (χ1n) is 13.5. The molecule has 8 N–H and O–H groups in total. The molecule has 2 aromatic heterocycles. The molecule has 2 fully saturated rings. The normalized spacial score (nSPS) is 19.4. The number of imide groups is 1. The Labute approximate surface area is 272 Å². The second-order valence-electron chi connectivity index (χ2n) is 10.6. The van der Waals surface area contributed by atoms with Crippen molar-refractivity contribution in [3.63, 3.8) is 0 Å². The fourth-order valence-electron chi connectivity index (χ4n) is 4.08. The van der Waals surface area contributed by atoms with Crippen molar-refractivity contribution in [3.8, 4) is 5.75 Å². The van der Waals surface area contributed by atoms with E-state index in [2.05, 4.69) is 25.9 Å². The number of nitrogen functional groups attached to an aromatic ring is 1. The second kappa shape index (κ2) is 13.4. The van der Waals surface area contributed by atoms with Gasteiger partial charge in [0.05, 0.1) is 19.1 Å². The van der Waals surface area contributed by atoms with Gasteiger partial charge in [-0.1, -0.05) is 5.16 Å². The first-order chi connectivity index (χ1) is 22.3. The molecule has 24 heteroatoms. The molecular formula is C24H28N9O13PS. The molecule has 0 radical (unpaired) electrons. The van der Waals surface area contributed by atoms with Crippen molar-refractivity contribution in [3.05, 3.63) is 39.3 Å². The van der Waals surface area contributed by atoms with Gasteiger partial charge in [0.15, 0.2) is 16.6 Å². The molecule has 258 valence electrons. The van der Waals surface area contributed by atoms with Gasteiger partial charge in [-0.3, -0.25) is 38.8 Å². The third-order valence-corrected chi connectivity index (χ3v) is 9.06. The number of aromatic hydroxyl groups is 1. The molecule has 4 heterocycles. The van der Waals surface area contributed by atoms with Crippen LogP contribution in [0.2, 0.25) is 0 Å². The Morgan fingerprint density at radius 1 is 1.25 bits per heavy atom. The molecule has 2 aliphatic heterocycles. The second-order valence-corrected chi connectivity index (χ2v) is 13.1. The van der Waals surface area contributed by atoms with Gasteiger partial charge in [-0.15, -0.1) is 11.3 Å². The van der Waals surface area contributed by atoms with Crippen LogP contribution in [0.3, 0.4) is 0 Å². The lowest BCUT2D eigenvalue weighted by Crippen LogP contribution is -2.68. The molecule has 0 saturated carbocycles. The third kappa shape index (κ3) is 7.27. The highest BCUT2D eigenvalue weighted by molar-refractivity contribution is 7.51. The van der Waals surface area contributed by atoms with Gasteiger partial charge in [-0.25, -0.2) is 28.8 Å². The number of aliphatic carboxylic acids is 1. The van der Waals surface area contributed by atoms with Crippen molar-refractivity contribution >= 4 is 65.6 Å². The van der Waals surface area contributed by atoms with Gasteiger partial charge in [0.1, 0.15) is 24.0 Å². The summed E-state index contributed by atoms with van der Waals surface area (Å²) in [6.07, 6.45) is 0.870. The summed E-state index contributed by atoms with van der Waals surface area (Å²) in [5, 5.41) is 26.6. The van der Waals surface area contributed by atoms with E-state index in [1.54, 1.807) is 0 Å². The fourth-order valence-corrected chi connectivity index (χ4v) is 6.00. The van der Waals surface area contributed by atoms with Crippen molar-refractivity contribution in [2.24, 2.45) is 5.16 Å². The summed E-state index contributed by atoms with van der Waals surface area (Å²) < 4.78 is 18.2. The molecule has 0 aromatic carbocycles. The molecule has 2 aliphatic rings. The van der Waals surface area contributed by atoms with Crippen molar-refractivity contribution in [2.75, 3.05) is 25.4 Å². The summed E-state index contributed by atoms with van der Waals surface area (Å²) in [5.41, 5.74) is 4.13. The van der Waals surface area contributed by atoms with E-state index in [-0.39, 0.29) is 29.6 Å². The van der Waals surface area contributed by atoms with Crippen LogP contribution in [0.15, 0.2) is 27.6 Å². The van der Waals surface area contributed by atoms with Crippen molar-refractivity contribution in [1.29, 1.82) is 0 Å². The summed E-state index contributed by atoms with van der Waals surface area (Å²) >= 11 is 0.933. The number of oxime groups is 1. The number of aromatic nitrogens is 2. The Hall–Kier alpha value is -5.38. The standard InChI is InChI=1S/C24H28N9O13PS/c1-10-16(28-19(38)17(12-9-48-22(25)27-12)30-46-24(2,3)21(40)41)20(39)33(10)47(43,44)45-8-15(36)31-4-5-32(23(31)42)29-18(37)11-6-13(34)14(35)7-26-11/h6-7,9-10,16,35H,4-5,8H2,1-3H3,(H2,25,27)(H,26,34)(H,28,38)(H,29,37)(H,40,41)(H,43,44)/b30-17-/t10-,16-/m0/s1. The molecule has 22 nitrogen and oxygen atoms in total. The summed E-state index contributed by atoms with van der Waals surface area (Å²) in [6, 6.07) is -2.81. The summed E-state index contributed by atoms with van der Waals surface area (Å²) in [4.78, 5) is 109. The van der Waals surface area contributed by atoms with Crippen LogP contribution in [0, 0.1) is 0 Å². The van der Waals surface area contributed by atoms with Gasteiger partial charge < -0.3 is 36.0 Å². The van der Waals surface area contributed by atoms with E-state index in [0.29, 0.717) is 9.57 Å². The summed E-state index contributed by atoms with van der Waals surface area (Å²) in [5.74, 6) is -6.22. The number of hydrogen-bond donors (Lipinski definition) is 7. The Morgan fingerprint density at radius 3 is 2.52 bits per heavy atom. The van der Waals surface area contributed by atoms with Gasteiger partial charge in [0.2, 0.25) is 11.0 Å². The van der Waals surface area contributed by atoms with Crippen LogP contribution in [0.5, 0.6) is 5.75 Å². The number of β-lactam (4-membered cyclic amide) rings is 1. The van der Waals surface area contributed by atoms with Gasteiger partial charge in [-0.2, -0.15) is 0 Å². The van der Waals surface area contributed by atoms with E-state index in [1.165, 1.54) is 26.2 Å². The average Bonchev–Trinajstić information content (AvgIpc) is 3.60. The minimum absolute atomic E-state index is 0.0370. The van der Waals surface area contributed by atoms with E-state index in [4.69, 9.17) is 15.1 Å². The third-order valence-electron chi connectivity index (χ3n) is 6.82. The van der Waals surface area contributed by atoms with Crippen LogP contribution in [0.1, 0.15) is 37.0 Å². The smallest absolute Gasteiger partial charge is 0.435 e. The zero-order chi connectivity index (χ0) is 35.7. The first-order valence-corrected chi connectivity index (χ1v) is 15.9. The number of carboxylic acids is 1. The highest BCUT2D eigenvalue weighted by atomic mass is 32.1. The maximum Gasteiger partial charge on any atom is 0.435 e. The number of rotatable bonds is 12. The zero-order valence-corrected chi connectivity index (χ0v) is 26.8. The van der Waals surface area contributed by atoms with E-state index in [9.17, 15) is 53.2 Å². The number of nitrogens with two attached hydrogens (primary N) is 1. The van der Waals surface area contributed by atoms with Gasteiger partial charge in [0, 0.05) is 17.6 Å². The molecule has 0 spiro atoms. The lowest BCUT2D eigenvalue weighted by Gasteiger charge is -2.45. The Morgan fingerprint density at radius 2 is 1.94 bits per heavy atom. The van der Waals surface area contributed by atoms with E-state index in [0.717, 1.165) is 28.6 Å². The molecule has 0 aliphatic carbocycles. The Bertz CT molecular complexity index is 1830. The van der Waals surface area contributed by atoms with Crippen molar-refractivity contribution in [1.82, 2.24) is 35.3 Å². The maximum absolute atomic E-state index is 13.1. The highest BCUT2D eigenvalue weighted by Gasteiger charge is 2.55. The van der Waals surface area contributed by atoms with Crippen LogP contribution < -0.4 is 21.9 Å². The molecule has 3 atom stereocenters. The molecule has 48 heavy (non-hydrogen) atoms. The van der Waals surface area contributed by atoms with Gasteiger partial charge in [0.25, 0.3) is 23.6 Å². The molecule has 1 unspecified atom stereocenters. The minimum Gasteiger partial charge on any atom is -0.503 e. The molecule has 6 amide bonds. The van der Waals surface area contributed by atoms with Crippen LogP contribution in [0.4, 0.5) is 9.93 Å². The highest BCUT2D eigenvalue weighted by Crippen LogP contribution is 2.52. The number of thiazole rings is 1. The lowest BCUT2D eigenvalue weighted by molar-refractivity contribution is -0.161. The number of carbonyl (C=O) groups is 6. The number of carboxylic acid groups (broad SMARTS) is 1. The summed E-state index contributed by atoms with van der Waals surface area (Å²) in [7, 11) is -5.03. The van der Waals surface area contributed by atoms with E-state index >= 15 is 0 Å². The quantitative estimate of drug-likeness (QED) is 0.0549. The predicted octanol–water partition coefficient (Wildman–Crippen LogP) is -1.86. The average molecular weight is 714 g/mol. The minimum atomic E-state index is -5.03. The van der Waals surface area contributed by atoms with Crippen LogP contribution in [-0.4, -0.2) is 118 Å². The monoisotopic (exact) mass is 713 g/mol. The SMILES string of the molecule is C[C@H]1[C@H](NC(=O)/C(=N\OC(C)(C)C(=O)O)c2csc(N)n2)C(=O)N1P(=O)(O)OCC(=O)N1CCN(NC(=O)c2cc(=O)c(O)c[nH]2)C1=O. The van der Waals surface area contributed by atoms with Gasteiger partial charge in [-0.05, 0) is 20.8 Å². The van der Waals surface area contributed by atoms with E-state index < -0.39 is 84.6 Å². The number of nitrogens with zero attached hydrogens (tertiary/aromatic N) is 5.